The Balaban J connectivity index is 0.000000321. The zero-order valence-corrected chi connectivity index (χ0v) is 43.5. The van der Waals surface area contributed by atoms with E-state index in [4.69, 9.17) is 0 Å². The minimum atomic E-state index is -6.00. The molecule has 6 rings (SSSR count). The number of hydrogen-bond acceptors (Lipinski definition) is 6. The van der Waals surface area contributed by atoms with Crippen LogP contribution >= 0.6 is 0 Å². The van der Waals surface area contributed by atoms with Gasteiger partial charge in [0, 0.05) is 54.0 Å². The molecule has 12 heteroatoms. The minimum absolute atomic E-state index is 0. The molecule has 66 heavy (non-hydrogen) atoms. The molecule has 6 aromatic rings. The van der Waals surface area contributed by atoms with Crippen LogP contribution in [0.25, 0.3) is 34.2 Å². The predicted octanol–water partition coefficient (Wildman–Crippen LogP) is 15.5. The monoisotopic (exact) mass is 951 g/mol. The van der Waals surface area contributed by atoms with Crippen molar-refractivity contribution in [2.75, 3.05) is 0 Å². The molecule has 0 N–H and O–H groups in total. The van der Waals surface area contributed by atoms with Gasteiger partial charge in [-0.2, -0.15) is 0 Å². The van der Waals surface area contributed by atoms with Crippen LogP contribution in [0.2, 0.25) is 0 Å². The van der Waals surface area contributed by atoms with Crippen molar-refractivity contribution in [2.24, 2.45) is 0 Å². The molecule has 6 aromatic heterocycles. The molecule has 6 nitrogen and oxygen atoms in total. The van der Waals surface area contributed by atoms with Gasteiger partial charge in [-0.05, 0) is 139 Å². The normalized spacial score (nSPS) is 12.3. The number of aromatic nitrogens is 6. The molecule has 0 bridgehead atoms. The molecular formula is C54H72BCoF4N6-. The molecule has 0 amide bonds. The fraction of sp³-hybridized carbons (Fsp3) is 0.444. The number of pyridine rings is 6. The van der Waals surface area contributed by atoms with Gasteiger partial charge in [0.05, 0.1) is 34.2 Å². The van der Waals surface area contributed by atoms with Crippen LogP contribution < -0.4 is 0 Å². The molecule has 0 aliphatic rings. The Morgan fingerprint density at radius 1 is 0.273 bits per heavy atom. The fourth-order valence-electron chi connectivity index (χ4n) is 6.22. The van der Waals surface area contributed by atoms with Crippen molar-refractivity contribution in [3.8, 4) is 34.2 Å². The van der Waals surface area contributed by atoms with Crippen LogP contribution in [0.1, 0.15) is 158 Å². The van der Waals surface area contributed by atoms with Crippen LogP contribution in [-0.2, 0) is 49.3 Å². The molecule has 0 saturated carbocycles. The summed E-state index contributed by atoms with van der Waals surface area (Å²) in [6.45, 7) is 39.8. The van der Waals surface area contributed by atoms with Crippen LogP contribution in [-0.4, -0.2) is 37.2 Å². The molecule has 1 radical (unpaired) electrons. The van der Waals surface area contributed by atoms with E-state index in [0.717, 1.165) is 34.2 Å². The van der Waals surface area contributed by atoms with E-state index in [1.807, 2.05) is 37.2 Å². The Kier molecular flexibility index (Phi) is 19.4. The number of nitrogens with zero attached hydrogens (tertiary/aromatic N) is 6. The second-order valence-corrected chi connectivity index (χ2v) is 22.6. The molecule has 0 atom stereocenters. The van der Waals surface area contributed by atoms with Crippen LogP contribution in [0.15, 0.2) is 110 Å². The van der Waals surface area contributed by atoms with Gasteiger partial charge in [0.1, 0.15) is 0 Å². The van der Waals surface area contributed by atoms with Crippen molar-refractivity contribution in [2.45, 2.75) is 157 Å². The summed E-state index contributed by atoms with van der Waals surface area (Å²) >= 11 is 0. The summed E-state index contributed by atoms with van der Waals surface area (Å²) in [5, 5.41) is 0. The van der Waals surface area contributed by atoms with E-state index in [1.165, 1.54) is 33.4 Å². The third-order valence-electron chi connectivity index (χ3n) is 10.5. The first-order chi connectivity index (χ1) is 29.5. The molecule has 6 heterocycles. The van der Waals surface area contributed by atoms with Crippen LogP contribution in [0, 0.1) is 0 Å². The average Bonchev–Trinajstić information content (AvgIpc) is 3.19. The van der Waals surface area contributed by atoms with Crippen molar-refractivity contribution < 1.29 is 34.0 Å². The van der Waals surface area contributed by atoms with Crippen molar-refractivity contribution in [1.82, 2.24) is 29.9 Å². The molecule has 0 fully saturated rings. The average molecular weight is 951 g/mol. The zero-order chi connectivity index (χ0) is 49.4. The van der Waals surface area contributed by atoms with Crippen molar-refractivity contribution >= 4 is 7.25 Å². The SMILES string of the molecule is CC(C)(C)c1ccnc(-c2cc(C(C)(C)C)ccn2)c1.CC(C)(C)c1ccnc(-c2cc(C(C)(C)C)ccn2)c1.CC(C)(C)c1ccnc(-c2cc(C(C)(C)C)ccn2)c1.F[B-](F)(F)F.[Co]. The van der Waals surface area contributed by atoms with Gasteiger partial charge in [0.25, 0.3) is 0 Å². The molecular weight excluding hydrogens is 878 g/mol. The van der Waals surface area contributed by atoms with Gasteiger partial charge in [-0.1, -0.05) is 125 Å². The summed E-state index contributed by atoms with van der Waals surface area (Å²) in [6, 6.07) is 25.4. The van der Waals surface area contributed by atoms with Crippen molar-refractivity contribution in [3.63, 3.8) is 0 Å². The van der Waals surface area contributed by atoms with E-state index >= 15 is 0 Å². The van der Waals surface area contributed by atoms with Crippen molar-refractivity contribution in [1.29, 1.82) is 0 Å². The van der Waals surface area contributed by atoms with Gasteiger partial charge in [-0.15, -0.1) is 0 Å². The second kappa shape index (κ2) is 22.3. The number of hydrogen-bond donors (Lipinski definition) is 0. The summed E-state index contributed by atoms with van der Waals surface area (Å²) < 4.78 is 39.0. The van der Waals surface area contributed by atoms with Gasteiger partial charge in [0.2, 0.25) is 0 Å². The van der Waals surface area contributed by atoms with Crippen LogP contribution in [0.3, 0.4) is 0 Å². The Bertz CT molecular complexity index is 2030. The first kappa shape index (κ1) is 57.3. The van der Waals surface area contributed by atoms with Gasteiger partial charge < -0.3 is 17.3 Å². The van der Waals surface area contributed by atoms with Crippen molar-refractivity contribution in [3.05, 3.63) is 143 Å². The maximum atomic E-state index is 9.75. The Morgan fingerprint density at radius 3 is 0.470 bits per heavy atom. The minimum Gasteiger partial charge on any atom is -0.418 e. The third-order valence-corrected chi connectivity index (χ3v) is 10.5. The van der Waals surface area contributed by atoms with Gasteiger partial charge in [0.15, 0.2) is 0 Å². The number of halogens is 4. The summed E-state index contributed by atoms with van der Waals surface area (Å²) in [7, 11) is -6.00. The summed E-state index contributed by atoms with van der Waals surface area (Å²) in [4.78, 5) is 26.9. The first-order valence-electron chi connectivity index (χ1n) is 22.2. The Labute approximate surface area is 404 Å². The van der Waals surface area contributed by atoms with E-state index in [1.54, 1.807) is 0 Å². The topological polar surface area (TPSA) is 77.3 Å². The zero-order valence-electron chi connectivity index (χ0n) is 42.5. The van der Waals surface area contributed by atoms with Crippen LogP contribution in [0.5, 0.6) is 0 Å². The second-order valence-electron chi connectivity index (χ2n) is 22.6. The Morgan fingerprint density at radius 2 is 0.379 bits per heavy atom. The van der Waals surface area contributed by atoms with E-state index in [9.17, 15) is 17.3 Å². The van der Waals surface area contributed by atoms with E-state index in [2.05, 4.69) is 227 Å². The molecule has 0 aliphatic carbocycles. The maximum Gasteiger partial charge on any atom is 0.673 e. The molecule has 0 aliphatic heterocycles. The fourth-order valence-corrected chi connectivity index (χ4v) is 6.22. The number of rotatable bonds is 3. The Hall–Kier alpha value is -4.81. The maximum absolute atomic E-state index is 9.75. The summed E-state index contributed by atoms with van der Waals surface area (Å²) in [5.74, 6) is 0. The van der Waals surface area contributed by atoms with Gasteiger partial charge in [-0.3, -0.25) is 29.9 Å². The molecule has 359 valence electrons. The largest absolute Gasteiger partial charge is 0.673 e. The summed E-state index contributed by atoms with van der Waals surface area (Å²) in [6.07, 6.45) is 11.3. The third kappa shape index (κ3) is 18.8. The molecule has 0 aromatic carbocycles. The standard InChI is InChI=1S/3C18H24N2.BF4.Co/c3*1-17(2,3)13-7-9-19-15(11-13)16-12-14(8-10-20-16)18(4,5)6;2-1(3,4)5;/h3*7-12H,1-6H3;;/q;;;-1;. The van der Waals surface area contributed by atoms with E-state index < -0.39 is 7.25 Å². The van der Waals surface area contributed by atoms with E-state index in [-0.39, 0.29) is 49.3 Å². The molecule has 0 unspecified atom stereocenters. The smallest absolute Gasteiger partial charge is 0.418 e. The quantitative estimate of drug-likeness (QED) is 0.130. The first-order valence-corrected chi connectivity index (χ1v) is 22.2. The van der Waals surface area contributed by atoms with Gasteiger partial charge in [-0.25, -0.2) is 0 Å². The summed E-state index contributed by atoms with van der Waals surface area (Å²) in [5.41, 5.74) is 14.1. The molecule has 0 saturated heterocycles. The van der Waals surface area contributed by atoms with Gasteiger partial charge >= 0.3 is 7.25 Å². The predicted molar refractivity (Wildman–Crippen MR) is 265 cm³/mol. The van der Waals surface area contributed by atoms with Crippen LogP contribution in [0.4, 0.5) is 17.3 Å². The molecule has 0 spiro atoms. The van der Waals surface area contributed by atoms with E-state index in [0.29, 0.717) is 0 Å².